The molecule has 0 radical (unpaired) electrons. The SMILES string of the molecule is CC(=O)c1c(NC(=O)[C@@H]2CC(=O)N(Cc3ccco3)C2)sc2c1CCC2. The third-order valence-electron chi connectivity index (χ3n) is 5.02. The minimum Gasteiger partial charge on any atom is -0.467 e. The summed E-state index contributed by atoms with van der Waals surface area (Å²) in [6, 6.07) is 3.59. The van der Waals surface area contributed by atoms with Crippen molar-refractivity contribution >= 4 is 33.9 Å². The van der Waals surface area contributed by atoms with Crippen LogP contribution in [0.15, 0.2) is 22.8 Å². The van der Waals surface area contributed by atoms with E-state index in [4.69, 9.17) is 4.42 Å². The molecule has 136 valence electrons. The lowest BCUT2D eigenvalue weighted by Crippen LogP contribution is -2.28. The van der Waals surface area contributed by atoms with Gasteiger partial charge in [0.1, 0.15) is 10.8 Å². The second-order valence-electron chi connectivity index (χ2n) is 6.86. The Morgan fingerprint density at radius 2 is 2.23 bits per heavy atom. The second kappa shape index (κ2) is 6.72. The molecule has 1 fully saturated rings. The van der Waals surface area contributed by atoms with Crippen LogP contribution in [0, 0.1) is 5.92 Å². The number of aryl methyl sites for hydroxylation is 1. The van der Waals surface area contributed by atoms with Crippen LogP contribution in [0.5, 0.6) is 0 Å². The Morgan fingerprint density at radius 3 is 2.96 bits per heavy atom. The van der Waals surface area contributed by atoms with E-state index in [2.05, 4.69) is 5.32 Å². The molecule has 1 atom stereocenters. The summed E-state index contributed by atoms with van der Waals surface area (Å²) >= 11 is 1.50. The Balaban J connectivity index is 1.46. The summed E-state index contributed by atoms with van der Waals surface area (Å²) in [4.78, 5) is 39.8. The Kier molecular flexibility index (Phi) is 4.40. The van der Waals surface area contributed by atoms with Crippen molar-refractivity contribution < 1.29 is 18.8 Å². The summed E-state index contributed by atoms with van der Waals surface area (Å²) in [7, 11) is 0. The number of thiophene rings is 1. The highest BCUT2D eigenvalue weighted by molar-refractivity contribution is 7.17. The predicted octanol–water partition coefficient (Wildman–Crippen LogP) is 3.02. The van der Waals surface area contributed by atoms with E-state index >= 15 is 0 Å². The molecule has 2 amide bonds. The van der Waals surface area contributed by atoms with Crippen LogP contribution in [0.3, 0.4) is 0 Å². The van der Waals surface area contributed by atoms with Crippen molar-refractivity contribution in [3.05, 3.63) is 40.2 Å². The minimum atomic E-state index is -0.408. The molecular formula is C19H20N2O4S. The molecule has 0 saturated carbocycles. The van der Waals surface area contributed by atoms with Gasteiger partial charge in [-0.3, -0.25) is 14.4 Å². The number of anilines is 1. The van der Waals surface area contributed by atoms with Crippen LogP contribution in [0.4, 0.5) is 5.00 Å². The van der Waals surface area contributed by atoms with Gasteiger partial charge in [0.05, 0.1) is 24.3 Å². The molecule has 0 spiro atoms. The monoisotopic (exact) mass is 372 g/mol. The molecular weight excluding hydrogens is 352 g/mol. The molecule has 1 aliphatic carbocycles. The number of Topliss-reactive ketones (excluding diaryl/α,β-unsaturated/α-hetero) is 1. The molecule has 2 aromatic heterocycles. The van der Waals surface area contributed by atoms with E-state index in [1.54, 1.807) is 24.2 Å². The Hall–Kier alpha value is -2.41. The highest BCUT2D eigenvalue weighted by Crippen LogP contribution is 2.39. The molecule has 0 bridgehead atoms. The third-order valence-corrected chi connectivity index (χ3v) is 6.23. The van der Waals surface area contributed by atoms with Crippen molar-refractivity contribution in [2.24, 2.45) is 5.92 Å². The van der Waals surface area contributed by atoms with Gasteiger partial charge in [0, 0.05) is 17.8 Å². The van der Waals surface area contributed by atoms with Gasteiger partial charge >= 0.3 is 0 Å². The average Bonchev–Trinajstić information content (AvgIpc) is 3.33. The standard InChI is InChI=1S/C19H20N2O4S/c1-11(22)17-14-5-2-6-15(14)26-19(17)20-18(24)12-8-16(23)21(9-12)10-13-4-3-7-25-13/h3-4,7,12H,2,5-6,8-10H2,1H3,(H,20,24)/t12-/m1/s1. The summed E-state index contributed by atoms with van der Waals surface area (Å²) in [6.45, 7) is 2.29. The van der Waals surface area contributed by atoms with Crippen molar-refractivity contribution in [3.63, 3.8) is 0 Å². The first-order valence-corrected chi connectivity index (χ1v) is 9.61. The number of amides is 2. The number of rotatable bonds is 5. The van der Waals surface area contributed by atoms with Crippen LogP contribution in [0.25, 0.3) is 0 Å². The van der Waals surface area contributed by atoms with Gasteiger partial charge in [-0.25, -0.2) is 0 Å². The van der Waals surface area contributed by atoms with Crippen LogP contribution in [-0.4, -0.2) is 29.0 Å². The van der Waals surface area contributed by atoms with E-state index in [1.807, 2.05) is 6.07 Å². The largest absolute Gasteiger partial charge is 0.467 e. The van der Waals surface area contributed by atoms with Crippen LogP contribution in [0.2, 0.25) is 0 Å². The molecule has 26 heavy (non-hydrogen) atoms. The van der Waals surface area contributed by atoms with E-state index in [1.165, 1.54) is 16.2 Å². The molecule has 2 aliphatic rings. The number of likely N-dealkylation sites (tertiary alicyclic amines) is 1. The number of nitrogens with one attached hydrogen (secondary N) is 1. The Morgan fingerprint density at radius 1 is 1.38 bits per heavy atom. The number of nitrogens with zero attached hydrogens (tertiary/aromatic N) is 1. The fourth-order valence-corrected chi connectivity index (χ4v) is 5.11. The summed E-state index contributed by atoms with van der Waals surface area (Å²) in [5.74, 6) is 0.0357. The zero-order valence-corrected chi connectivity index (χ0v) is 15.4. The molecule has 1 saturated heterocycles. The number of hydrogen-bond donors (Lipinski definition) is 1. The predicted molar refractivity (Wildman–Crippen MR) is 97.2 cm³/mol. The first-order valence-electron chi connectivity index (χ1n) is 8.79. The van der Waals surface area contributed by atoms with E-state index in [0.29, 0.717) is 29.4 Å². The van der Waals surface area contributed by atoms with Crippen LogP contribution >= 0.6 is 11.3 Å². The minimum absolute atomic E-state index is 0.0124. The number of hydrogen-bond acceptors (Lipinski definition) is 5. The smallest absolute Gasteiger partial charge is 0.230 e. The summed E-state index contributed by atoms with van der Waals surface area (Å²) in [5.41, 5.74) is 1.76. The van der Waals surface area contributed by atoms with Crippen LogP contribution in [0.1, 0.15) is 46.3 Å². The maximum absolute atomic E-state index is 12.7. The first kappa shape index (κ1) is 17.0. The van der Waals surface area contributed by atoms with Crippen molar-refractivity contribution in [3.8, 4) is 0 Å². The van der Waals surface area contributed by atoms with Gasteiger partial charge < -0.3 is 14.6 Å². The molecule has 2 aromatic rings. The molecule has 3 heterocycles. The molecule has 0 aromatic carbocycles. The van der Waals surface area contributed by atoms with E-state index < -0.39 is 5.92 Å². The lowest BCUT2D eigenvalue weighted by atomic mass is 10.1. The first-order chi connectivity index (χ1) is 12.5. The van der Waals surface area contributed by atoms with Gasteiger partial charge in [-0.1, -0.05) is 0 Å². The topological polar surface area (TPSA) is 79.6 Å². The number of fused-ring (bicyclic) bond motifs is 1. The fourth-order valence-electron chi connectivity index (χ4n) is 3.77. The number of carbonyl (C=O) groups is 3. The van der Waals surface area contributed by atoms with Crippen molar-refractivity contribution in [2.45, 2.75) is 39.2 Å². The maximum atomic E-state index is 12.7. The van der Waals surface area contributed by atoms with E-state index in [-0.39, 0.29) is 24.0 Å². The van der Waals surface area contributed by atoms with Gasteiger partial charge in [0.25, 0.3) is 0 Å². The van der Waals surface area contributed by atoms with Gasteiger partial charge in [0.2, 0.25) is 11.8 Å². The Bertz CT molecular complexity index is 868. The van der Waals surface area contributed by atoms with Gasteiger partial charge in [-0.2, -0.15) is 0 Å². The van der Waals surface area contributed by atoms with Crippen LogP contribution in [-0.2, 0) is 29.0 Å². The van der Waals surface area contributed by atoms with Gasteiger partial charge in [-0.15, -0.1) is 11.3 Å². The van der Waals surface area contributed by atoms with Gasteiger partial charge in [0.15, 0.2) is 5.78 Å². The summed E-state index contributed by atoms with van der Waals surface area (Å²) in [6.07, 6.45) is 4.69. The fraction of sp³-hybridized carbons (Fsp3) is 0.421. The lowest BCUT2D eigenvalue weighted by Gasteiger charge is -2.15. The zero-order chi connectivity index (χ0) is 18.3. The van der Waals surface area contributed by atoms with Crippen molar-refractivity contribution in [1.82, 2.24) is 4.90 Å². The summed E-state index contributed by atoms with van der Waals surface area (Å²) < 4.78 is 5.28. The molecule has 0 unspecified atom stereocenters. The average molecular weight is 372 g/mol. The van der Waals surface area contributed by atoms with Crippen LogP contribution < -0.4 is 5.32 Å². The van der Waals surface area contributed by atoms with Gasteiger partial charge in [-0.05, 0) is 43.9 Å². The molecule has 1 N–H and O–H groups in total. The van der Waals surface area contributed by atoms with E-state index in [9.17, 15) is 14.4 Å². The lowest BCUT2D eigenvalue weighted by molar-refractivity contribution is -0.128. The quantitative estimate of drug-likeness (QED) is 0.818. The third kappa shape index (κ3) is 3.07. The normalized spacial score (nSPS) is 19.0. The highest BCUT2D eigenvalue weighted by atomic mass is 32.1. The highest BCUT2D eigenvalue weighted by Gasteiger charge is 2.35. The number of carbonyl (C=O) groups excluding carboxylic acids is 3. The molecule has 1 aliphatic heterocycles. The van der Waals surface area contributed by atoms with E-state index in [0.717, 1.165) is 24.8 Å². The maximum Gasteiger partial charge on any atom is 0.230 e. The van der Waals surface area contributed by atoms with Crippen molar-refractivity contribution in [2.75, 3.05) is 11.9 Å². The second-order valence-corrected chi connectivity index (χ2v) is 7.97. The van der Waals surface area contributed by atoms with Crippen molar-refractivity contribution in [1.29, 1.82) is 0 Å². The number of ketones is 1. The molecule has 4 rings (SSSR count). The zero-order valence-electron chi connectivity index (χ0n) is 14.5. The summed E-state index contributed by atoms with van der Waals surface area (Å²) in [5, 5.41) is 3.56. The molecule has 7 heteroatoms. The number of furan rings is 1. The molecule has 6 nitrogen and oxygen atoms in total. The Labute approximate surface area is 155 Å².